The van der Waals surface area contributed by atoms with Crippen LogP contribution in [0, 0.1) is 0 Å². The molecule has 1 aliphatic heterocycles. The quantitative estimate of drug-likeness (QED) is 0.743. The molecule has 0 unspecified atom stereocenters. The number of rotatable bonds is 6. The van der Waals surface area contributed by atoms with Gasteiger partial charge in [0.05, 0.1) is 23.7 Å². The van der Waals surface area contributed by atoms with Gasteiger partial charge in [0, 0.05) is 32.7 Å². The Morgan fingerprint density at radius 3 is 2.44 bits per heavy atom. The lowest BCUT2D eigenvalue weighted by molar-refractivity contribution is -0.137. The van der Waals surface area contributed by atoms with E-state index in [0.717, 1.165) is 25.2 Å². The second-order valence-corrected chi connectivity index (χ2v) is 7.30. The number of benzene rings is 1. The van der Waals surface area contributed by atoms with Crippen molar-refractivity contribution in [1.82, 2.24) is 9.80 Å². The Morgan fingerprint density at radius 2 is 1.85 bits per heavy atom. The van der Waals surface area contributed by atoms with Gasteiger partial charge in [0.2, 0.25) is 0 Å². The van der Waals surface area contributed by atoms with E-state index in [1.165, 1.54) is 23.5 Å². The second kappa shape index (κ2) is 8.86. The molecule has 1 aliphatic rings. The van der Waals surface area contributed by atoms with E-state index in [0.29, 0.717) is 36.7 Å². The Morgan fingerprint density at radius 1 is 1.15 bits per heavy atom. The molecule has 8 heteroatoms. The lowest BCUT2D eigenvalue weighted by atomic mass is 10.1. The van der Waals surface area contributed by atoms with Crippen molar-refractivity contribution >= 4 is 17.2 Å². The molecule has 0 N–H and O–H groups in total. The minimum atomic E-state index is -4.36. The van der Waals surface area contributed by atoms with E-state index in [9.17, 15) is 18.0 Å². The fourth-order valence-corrected chi connectivity index (χ4v) is 3.61. The van der Waals surface area contributed by atoms with Gasteiger partial charge in [0.1, 0.15) is 0 Å². The average Bonchev–Trinajstić information content (AvgIpc) is 3.20. The zero-order chi connectivity index (χ0) is 19.3. The number of ether oxygens (including phenoxy) is 1. The minimum Gasteiger partial charge on any atom is -0.379 e. The lowest BCUT2D eigenvalue weighted by Crippen LogP contribution is -2.42. The number of amides is 1. The topological polar surface area (TPSA) is 32.8 Å². The highest BCUT2D eigenvalue weighted by Crippen LogP contribution is 2.29. The van der Waals surface area contributed by atoms with Crippen LogP contribution in [0.1, 0.15) is 20.8 Å². The van der Waals surface area contributed by atoms with Gasteiger partial charge in [-0.3, -0.25) is 9.69 Å². The molecule has 1 fully saturated rings. The molecule has 2 heterocycles. The van der Waals surface area contributed by atoms with Gasteiger partial charge in [0.15, 0.2) is 0 Å². The van der Waals surface area contributed by atoms with Crippen molar-refractivity contribution in [3.63, 3.8) is 0 Å². The maximum Gasteiger partial charge on any atom is 0.416 e. The van der Waals surface area contributed by atoms with Crippen LogP contribution in [0.3, 0.4) is 0 Å². The Balaban J connectivity index is 1.69. The third kappa shape index (κ3) is 5.54. The molecule has 3 rings (SSSR count). The van der Waals surface area contributed by atoms with Crippen molar-refractivity contribution < 1.29 is 22.7 Å². The van der Waals surface area contributed by atoms with Crippen molar-refractivity contribution in [3.8, 4) is 0 Å². The van der Waals surface area contributed by atoms with E-state index in [4.69, 9.17) is 4.74 Å². The van der Waals surface area contributed by atoms with Gasteiger partial charge in [-0.1, -0.05) is 18.2 Å². The molecule has 27 heavy (non-hydrogen) atoms. The summed E-state index contributed by atoms with van der Waals surface area (Å²) in [5.74, 6) is -0.0989. The molecule has 0 bridgehead atoms. The lowest BCUT2D eigenvalue weighted by Gasteiger charge is -2.30. The maximum absolute atomic E-state index is 12.8. The number of halogens is 3. The molecular weight excluding hydrogens is 377 g/mol. The van der Waals surface area contributed by atoms with Crippen molar-refractivity contribution in [1.29, 1.82) is 0 Å². The monoisotopic (exact) mass is 398 g/mol. The van der Waals surface area contributed by atoms with E-state index in [1.807, 2.05) is 11.4 Å². The summed E-state index contributed by atoms with van der Waals surface area (Å²) in [5.41, 5.74) is -0.00872. The second-order valence-electron chi connectivity index (χ2n) is 6.35. The third-order valence-electron chi connectivity index (χ3n) is 4.46. The zero-order valence-corrected chi connectivity index (χ0v) is 15.6. The summed E-state index contributed by atoms with van der Waals surface area (Å²) in [4.78, 5) is 17.4. The summed E-state index contributed by atoms with van der Waals surface area (Å²) in [5, 5.41) is 1.84. The van der Waals surface area contributed by atoms with E-state index in [-0.39, 0.29) is 12.5 Å². The molecule has 1 aromatic heterocycles. The Kier molecular flexibility index (Phi) is 6.51. The Hall–Kier alpha value is -1.90. The van der Waals surface area contributed by atoms with Crippen LogP contribution in [0.25, 0.3) is 0 Å². The molecule has 2 aromatic rings. The van der Waals surface area contributed by atoms with E-state index >= 15 is 0 Å². The zero-order valence-electron chi connectivity index (χ0n) is 14.7. The van der Waals surface area contributed by atoms with Crippen LogP contribution in [0.4, 0.5) is 13.2 Å². The highest BCUT2D eigenvalue weighted by Gasteiger charge is 2.30. The summed E-state index contributed by atoms with van der Waals surface area (Å²) >= 11 is 1.36. The third-order valence-corrected chi connectivity index (χ3v) is 5.32. The average molecular weight is 398 g/mol. The number of hydrogen-bond donors (Lipinski definition) is 0. The van der Waals surface area contributed by atoms with E-state index in [2.05, 4.69) is 4.90 Å². The first-order valence-electron chi connectivity index (χ1n) is 8.72. The Bertz CT molecular complexity index is 726. The van der Waals surface area contributed by atoms with E-state index < -0.39 is 11.7 Å². The van der Waals surface area contributed by atoms with Gasteiger partial charge < -0.3 is 9.64 Å². The molecule has 0 atom stereocenters. The maximum atomic E-state index is 12.8. The number of carbonyl (C=O) groups excluding carboxylic acids is 1. The summed E-state index contributed by atoms with van der Waals surface area (Å²) in [6, 6.07) is 8.58. The molecule has 0 radical (unpaired) electrons. The van der Waals surface area contributed by atoms with Crippen LogP contribution in [-0.4, -0.2) is 55.1 Å². The van der Waals surface area contributed by atoms with Crippen molar-refractivity contribution in [2.75, 3.05) is 39.4 Å². The molecule has 1 saturated heterocycles. The summed E-state index contributed by atoms with van der Waals surface area (Å²) in [6.45, 7) is 4.50. The highest BCUT2D eigenvalue weighted by molar-refractivity contribution is 7.12. The smallest absolute Gasteiger partial charge is 0.379 e. The highest BCUT2D eigenvalue weighted by atomic mass is 32.1. The molecule has 4 nitrogen and oxygen atoms in total. The predicted octanol–water partition coefficient (Wildman–Crippen LogP) is 3.74. The van der Waals surface area contributed by atoms with Gasteiger partial charge in [-0.2, -0.15) is 13.2 Å². The molecule has 0 saturated carbocycles. The van der Waals surface area contributed by atoms with Crippen LogP contribution in [0.2, 0.25) is 0 Å². The first-order valence-corrected chi connectivity index (χ1v) is 9.60. The van der Waals surface area contributed by atoms with Crippen LogP contribution >= 0.6 is 11.3 Å². The minimum absolute atomic E-state index is 0.0989. The largest absolute Gasteiger partial charge is 0.416 e. The van der Waals surface area contributed by atoms with Crippen LogP contribution in [0.15, 0.2) is 41.8 Å². The number of nitrogens with zero attached hydrogens (tertiary/aromatic N) is 2. The number of carbonyl (C=O) groups is 1. The molecule has 0 spiro atoms. The fourth-order valence-electron chi connectivity index (χ4n) is 2.91. The molecule has 1 amide bonds. The van der Waals surface area contributed by atoms with Crippen molar-refractivity contribution in [3.05, 3.63) is 57.8 Å². The normalized spacial score (nSPS) is 15.7. The van der Waals surface area contributed by atoms with Crippen molar-refractivity contribution in [2.45, 2.75) is 12.7 Å². The van der Waals surface area contributed by atoms with E-state index in [1.54, 1.807) is 11.0 Å². The summed E-state index contributed by atoms with van der Waals surface area (Å²) in [7, 11) is 0. The number of thiophene rings is 1. The Labute approximate surface area is 160 Å². The predicted molar refractivity (Wildman–Crippen MR) is 97.8 cm³/mol. The SMILES string of the molecule is O=C(c1cccs1)N(CCN1CCOCC1)Cc1ccc(C(F)(F)F)cc1. The first-order chi connectivity index (χ1) is 12.9. The standard InChI is InChI=1S/C19H21F3N2O2S/c20-19(21,22)16-5-3-15(4-6-16)14-24(18(25)17-2-1-13-27-17)8-7-23-9-11-26-12-10-23/h1-6,13H,7-12,14H2. The molecule has 0 aliphatic carbocycles. The first kappa shape index (κ1) is 19.9. The number of morpholine rings is 1. The van der Waals surface area contributed by atoms with Crippen molar-refractivity contribution in [2.24, 2.45) is 0 Å². The van der Waals surface area contributed by atoms with Gasteiger partial charge >= 0.3 is 6.18 Å². The fraction of sp³-hybridized carbons (Fsp3) is 0.421. The summed E-state index contributed by atoms with van der Waals surface area (Å²) in [6.07, 6.45) is -4.36. The van der Waals surface area contributed by atoms with Crippen LogP contribution in [-0.2, 0) is 17.5 Å². The number of alkyl halides is 3. The van der Waals surface area contributed by atoms with Gasteiger partial charge in [-0.15, -0.1) is 11.3 Å². The molecular formula is C19H21F3N2O2S. The van der Waals surface area contributed by atoms with Gasteiger partial charge in [-0.25, -0.2) is 0 Å². The van der Waals surface area contributed by atoms with Crippen LogP contribution < -0.4 is 0 Å². The van der Waals surface area contributed by atoms with Gasteiger partial charge in [0.25, 0.3) is 5.91 Å². The van der Waals surface area contributed by atoms with Gasteiger partial charge in [-0.05, 0) is 29.1 Å². The number of hydrogen-bond acceptors (Lipinski definition) is 4. The molecule has 1 aromatic carbocycles. The summed E-state index contributed by atoms with van der Waals surface area (Å²) < 4.78 is 43.6. The molecule has 146 valence electrons. The van der Waals surface area contributed by atoms with Crippen LogP contribution in [0.5, 0.6) is 0 Å².